The van der Waals surface area contributed by atoms with Crippen LogP contribution >= 0.6 is 0 Å². The number of ether oxygens (including phenoxy) is 4. The van der Waals surface area contributed by atoms with Crippen LogP contribution in [0.4, 0.5) is 0 Å². The molecule has 0 unspecified atom stereocenters. The van der Waals surface area contributed by atoms with Crippen molar-refractivity contribution in [2.75, 3.05) is 19.8 Å². The lowest BCUT2D eigenvalue weighted by Crippen LogP contribution is -2.17. The van der Waals surface area contributed by atoms with Crippen LogP contribution in [0.15, 0.2) is 115 Å². The quantitative estimate of drug-likeness (QED) is 0.126. The molecule has 5 aromatic rings. The minimum Gasteiger partial charge on any atom is -0.493 e. The van der Waals surface area contributed by atoms with E-state index >= 15 is 0 Å². The van der Waals surface area contributed by atoms with Crippen molar-refractivity contribution in [3.05, 3.63) is 115 Å². The molecule has 0 spiro atoms. The third-order valence-electron chi connectivity index (χ3n) is 6.16. The Kier molecular flexibility index (Phi) is 11.5. The summed E-state index contributed by atoms with van der Waals surface area (Å²) in [5, 5.41) is 12.8. The molecule has 220 valence electrons. The highest BCUT2D eigenvalue weighted by Crippen LogP contribution is 2.25. The minimum absolute atomic E-state index is 0.00478. The topological polar surface area (TPSA) is 108 Å². The highest BCUT2D eigenvalue weighted by molar-refractivity contribution is 5.88. The number of para-hydroxylation sites is 1. The number of fused-ring (bicyclic) bond motifs is 2. The third-order valence-corrected chi connectivity index (χ3v) is 6.16. The van der Waals surface area contributed by atoms with E-state index < -0.39 is 17.9 Å². The van der Waals surface area contributed by atoms with Crippen molar-refractivity contribution in [2.45, 2.75) is 19.3 Å². The summed E-state index contributed by atoms with van der Waals surface area (Å²) in [6.07, 6.45) is 0.0200. The zero-order chi connectivity index (χ0) is 30.3. The predicted molar refractivity (Wildman–Crippen MR) is 163 cm³/mol. The van der Waals surface area contributed by atoms with Crippen molar-refractivity contribution in [2.24, 2.45) is 0 Å². The summed E-state index contributed by atoms with van der Waals surface area (Å²) < 4.78 is 21.2. The van der Waals surface area contributed by atoms with Gasteiger partial charge in [0.2, 0.25) is 0 Å². The highest BCUT2D eigenvalue weighted by Gasteiger charge is 2.11. The van der Waals surface area contributed by atoms with Gasteiger partial charge in [-0.25, -0.2) is 0 Å². The number of hydrogen-bond acceptors (Lipinski definition) is 7. The molecular weight excluding hydrogens is 548 g/mol. The van der Waals surface area contributed by atoms with Gasteiger partial charge in [0.05, 0.1) is 39.1 Å². The zero-order valence-corrected chi connectivity index (χ0v) is 23.5. The van der Waals surface area contributed by atoms with E-state index in [9.17, 15) is 14.4 Å². The number of esters is 2. The van der Waals surface area contributed by atoms with E-state index in [2.05, 4.69) is 0 Å². The lowest BCUT2D eigenvalue weighted by Gasteiger charge is -2.09. The second-order valence-electron chi connectivity index (χ2n) is 9.33. The molecule has 0 saturated heterocycles. The van der Waals surface area contributed by atoms with E-state index in [-0.39, 0.29) is 39.1 Å². The second-order valence-corrected chi connectivity index (χ2v) is 9.33. The molecular formula is C35H32O8. The van der Waals surface area contributed by atoms with Gasteiger partial charge in [0.15, 0.2) is 0 Å². The first-order valence-electron chi connectivity index (χ1n) is 13.8. The fraction of sp³-hybridized carbons (Fsp3) is 0.171. The van der Waals surface area contributed by atoms with E-state index in [1.54, 1.807) is 12.1 Å². The Labute approximate surface area is 249 Å². The molecule has 1 N–H and O–H groups in total. The molecule has 0 amide bonds. The van der Waals surface area contributed by atoms with Crippen molar-refractivity contribution < 1.29 is 38.4 Å². The van der Waals surface area contributed by atoms with Crippen LogP contribution in [-0.2, 0) is 19.1 Å². The summed E-state index contributed by atoms with van der Waals surface area (Å²) >= 11 is 0. The van der Waals surface area contributed by atoms with Gasteiger partial charge in [-0.1, -0.05) is 84.9 Å². The number of carbonyl (C=O) groups excluding carboxylic acids is 2. The summed E-state index contributed by atoms with van der Waals surface area (Å²) in [4.78, 5) is 33.8. The molecule has 0 fully saturated rings. The lowest BCUT2D eigenvalue weighted by atomic mass is 10.1. The van der Waals surface area contributed by atoms with Crippen molar-refractivity contribution in [3.63, 3.8) is 0 Å². The number of carboxylic acids is 1. The van der Waals surface area contributed by atoms with Gasteiger partial charge in [-0.15, -0.1) is 0 Å². The molecule has 8 heteroatoms. The Hall–Kier alpha value is -5.37. The van der Waals surface area contributed by atoms with Gasteiger partial charge in [0, 0.05) is 5.39 Å². The summed E-state index contributed by atoms with van der Waals surface area (Å²) in [6, 6.07) is 36.4. The van der Waals surface area contributed by atoms with Crippen molar-refractivity contribution in [1.82, 2.24) is 0 Å². The number of hydrogen-bond donors (Lipinski definition) is 1. The standard InChI is InChI=1S/C22H20O5.C13H12O3/c23-21(13-15-25-18-9-2-1-3-10-18)27-22(24)14-16-26-20-12-6-8-17-7-4-5-11-19(17)20;14-13(15)7-8-16-12-6-5-10-3-1-2-4-11(10)9-12/h1-12H,13-16H2;1-6,9H,7-8H2,(H,14,15). The number of carboxylic acid groups (broad SMARTS) is 1. The fourth-order valence-electron chi connectivity index (χ4n) is 4.08. The lowest BCUT2D eigenvalue weighted by molar-refractivity contribution is -0.160. The number of rotatable bonds is 12. The van der Waals surface area contributed by atoms with Crippen LogP contribution in [0.1, 0.15) is 19.3 Å². The Bertz CT molecular complexity index is 1640. The van der Waals surface area contributed by atoms with E-state index in [1.165, 1.54) is 0 Å². The molecule has 5 aromatic carbocycles. The Morgan fingerprint density at radius 2 is 1.09 bits per heavy atom. The van der Waals surface area contributed by atoms with Crippen molar-refractivity contribution >= 4 is 39.5 Å². The van der Waals surface area contributed by atoms with Crippen molar-refractivity contribution in [3.8, 4) is 17.2 Å². The minimum atomic E-state index is -0.846. The number of benzene rings is 5. The van der Waals surface area contributed by atoms with Crippen LogP contribution in [-0.4, -0.2) is 42.8 Å². The molecule has 0 aromatic heterocycles. The summed E-state index contributed by atoms with van der Waals surface area (Å²) in [6.45, 7) is 0.497. The summed E-state index contributed by atoms with van der Waals surface area (Å²) in [5.74, 6) is 0.00498. The molecule has 0 aliphatic carbocycles. The van der Waals surface area contributed by atoms with E-state index in [1.807, 2.05) is 103 Å². The Morgan fingerprint density at radius 1 is 0.512 bits per heavy atom. The predicted octanol–water partition coefficient (Wildman–Crippen LogP) is 6.84. The molecule has 0 atom stereocenters. The Morgan fingerprint density at radius 3 is 1.84 bits per heavy atom. The van der Waals surface area contributed by atoms with Gasteiger partial charge < -0.3 is 24.1 Å². The maximum atomic E-state index is 11.8. The average molecular weight is 581 g/mol. The molecule has 43 heavy (non-hydrogen) atoms. The molecule has 8 nitrogen and oxygen atoms in total. The maximum absolute atomic E-state index is 11.8. The van der Waals surface area contributed by atoms with Gasteiger partial charge >= 0.3 is 17.9 Å². The molecule has 0 heterocycles. The summed E-state index contributed by atoms with van der Waals surface area (Å²) in [7, 11) is 0. The van der Waals surface area contributed by atoms with Crippen LogP contribution in [0.2, 0.25) is 0 Å². The van der Waals surface area contributed by atoms with Crippen LogP contribution in [0.5, 0.6) is 17.2 Å². The van der Waals surface area contributed by atoms with Crippen LogP contribution in [0.25, 0.3) is 21.5 Å². The van der Waals surface area contributed by atoms with Crippen molar-refractivity contribution in [1.29, 1.82) is 0 Å². The number of carbonyl (C=O) groups is 3. The fourth-order valence-corrected chi connectivity index (χ4v) is 4.08. The molecule has 0 radical (unpaired) electrons. The smallest absolute Gasteiger partial charge is 0.316 e. The zero-order valence-electron chi connectivity index (χ0n) is 23.5. The van der Waals surface area contributed by atoms with Crippen LogP contribution in [0.3, 0.4) is 0 Å². The maximum Gasteiger partial charge on any atom is 0.316 e. The normalized spacial score (nSPS) is 10.3. The van der Waals surface area contributed by atoms with E-state index in [4.69, 9.17) is 24.1 Å². The third kappa shape index (κ3) is 10.2. The second kappa shape index (κ2) is 16.2. The van der Waals surface area contributed by atoms with E-state index in [0.717, 1.165) is 21.5 Å². The number of aliphatic carboxylic acids is 1. The first-order chi connectivity index (χ1) is 21.0. The molecule has 0 bridgehead atoms. The first-order valence-corrected chi connectivity index (χ1v) is 13.8. The SMILES string of the molecule is O=C(CCOc1ccccc1)OC(=O)CCOc1cccc2ccccc12.O=C(O)CCOc1ccc2ccccc2c1. The Balaban J connectivity index is 0.000000225. The largest absolute Gasteiger partial charge is 0.493 e. The monoisotopic (exact) mass is 580 g/mol. The molecule has 0 saturated carbocycles. The van der Waals surface area contributed by atoms with Crippen LogP contribution < -0.4 is 14.2 Å². The molecule has 0 aliphatic rings. The summed E-state index contributed by atoms with van der Waals surface area (Å²) in [5.41, 5.74) is 0. The van der Waals surface area contributed by atoms with Gasteiger partial charge in [0.25, 0.3) is 0 Å². The van der Waals surface area contributed by atoms with Gasteiger partial charge in [-0.3, -0.25) is 14.4 Å². The van der Waals surface area contributed by atoms with Gasteiger partial charge in [-0.05, 0) is 46.5 Å². The van der Waals surface area contributed by atoms with Gasteiger partial charge in [-0.2, -0.15) is 0 Å². The van der Waals surface area contributed by atoms with Gasteiger partial charge in [0.1, 0.15) is 17.2 Å². The molecule has 5 rings (SSSR count). The van der Waals surface area contributed by atoms with E-state index in [0.29, 0.717) is 17.2 Å². The molecule has 0 aliphatic heterocycles. The van der Waals surface area contributed by atoms with Crippen LogP contribution in [0, 0.1) is 0 Å². The highest BCUT2D eigenvalue weighted by atomic mass is 16.6. The average Bonchev–Trinajstić information content (AvgIpc) is 3.02. The first kappa shape index (κ1) is 30.6.